The number of rotatable bonds is 4. The molecule has 1 saturated heterocycles. The van der Waals surface area contributed by atoms with Crippen LogP contribution in [0, 0.1) is 5.92 Å². The summed E-state index contributed by atoms with van der Waals surface area (Å²) in [5.74, 6) is 0.779. The van der Waals surface area contributed by atoms with Crippen LogP contribution in [-0.2, 0) is 4.79 Å². The lowest BCUT2D eigenvalue weighted by Crippen LogP contribution is -2.41. The standard InChI is InChI=1S/C25H23N5O/c31-25(29-21-12-4-9-19-10-5-13-26-24(19)21)20-11-6-14-30(16-20)23-15-22(27-17-28-23)18-7-2-1-3-8-18/h1-5,7-10,12-13,15,17,20H,6,11,14,16H2,(H,29,31). The van der Waals surface area contributed by atoms with Crippen molar-refractivity contribution in [2.45, 2.75) is 12.8 Å². The van der Waals surface area contributed by atoms with Crippen LogP contribution < -0.4 is 10.2 Å². The van der Waals surface area contributed by atoms with Crippen LogP contribution in [-0.4, -0.2) is 33.9 Å². The van der Waals surface area contributed by atoms with Gasteiger partial charge in [0.25, 0.3) is 0 Å². The largest absolute Gasteiger partial charge is 0.356 e. The number of hydrogen-bond donors (Lipinski definition) is 1. The summed E-state index contributed by atoms with van der Waals surface area (Å²) < 4.78 is 0. The number of amides is 1. The minimum atomic E-state index is -0.108. The topological polar surface area (TPSA) is 71.0 Å². The highest BCUT2D eigenvalue weighted by molar-refractivity contribution is 6.01. The van der Waals surface area contributed by atoms with Gasteiger partial charge in [-0.15, -0.1) is 0 Å². The fraction of sp³-hybridized carbons (Fsp3) is 0.200. The number of fused-ring (bicyclic) bond motifs is 1. The monoisotopic (exact) mass is 409 g/mol. The second-order valence-electron chi connectivity index (χ2n) is 7.78. The van der Waals surface area contributed by atoms with Crippen molar-refractivity contribution in [1.29, 1.82) is 0 Å². The minimum absolute atomic E-state index is 0.0280. The van der Waals surface area contributed by atoms with Crippen molar-refractivity contribution in [3.63, 3.8) is 0 Å². The fourth-order valence-corrected chi connectivity index (χ4v) is 4.13. The molecule has 6 nitrogen and oxygen atoms in total. The first-order valence-corrected chi connectivity index (χ1v) is 10.5. The van der Waals surface area contributed by atoms with Crippen molar-refractivity contribution in [1.82, 2.24) is 15.0 Å². The van der Waals surface area contributed by atoms with Crippen LogP contribution in [0.5, 0.6) is 0 Å². The van der Waals surface area contributed by atoms with Gasteiger partial charge in [-0.3, -0.25) is 9.78 Å². The SMILES string of the molecule is O=C(Nc1cccc2cccnc12)C1CCCN(c2cc(-c3ccccc3)ncn2)C1. The molecule has 0 radical (unpaired) electrons. The van der Waals surface area contributed by atoms with E-state index in [0.717, 1.165) is 53.1 Å². The predicted octanol–water partition coefficient (Wildman–Crippen LogP) is 4.55. The van der Waals surface area contributed by atoms with Gasteiger partial charge in [0.05, 0.1) is 22.8 Å². The average molecular weight is 409 g/mol. The van der Waals surface area contributed by atoms with Gasteiger partial charge in [-0.25, -0.2) is 9.97 Å². The Hall–Kier alpha value is -3.80. The highest BCUT2D eigenvalue weighted by atomic mass is 16.1. The lowest BCUT2D eigenvalue weighted by atomic mass is 9.96. The molecule has 1 N–H and O–H groups in total. The predicted molar refractivity (Wildman–Crippen MR) is 123 cm³/mol. The van der Waals surface area contributed by atoms with E-state index in [2.05, 4.69) is 25.2 Å². The number of anilines is 2. The maximum Gasteiger partial charge on any atom is 0.229 e. The van der Waals surface area contributed by atoms with E-state index in [1.54, 1.807) is 12.5 Å². The summed E-state index contributed by atoms with van der Waals surface area (Å²) in [5.41, 5.74) is 3.52. The lowest BCUT2D eigenvalue weighted by molar-refractivity contribution is -0.120. The number of nitrogens with zero attached hydrogens (tertiary/aromatic N) is 4. The van der Waals surface area contributed by atoms with E-state index in [9.17, 15) is 4.79 Å². The molecule has 0 bridgehead atoms. The van der Waals surface area contributed by atoms with Crippen molar-refractivity contribution in [3.05, 3.63) is 79.3 Å². The molecule has 4 aromatic rings. The molecule has 2 aromatic carbocycles. The van der Waals surface area contributed by atoms with Crippen LogP contribution in [0.2, 0.25) is 0 Å². The summed E-state index contributed by atoms with van der Waals surface area (Å²) in [7, 11) is 0. The van der Waals surface area contributed by atoms with Crippen LogP contribution in [0.3, 0.4) is 0 Å². The fourth-order valence-electron chi connectivity index (χ4n) is 4.13. The van der Waals surface area contributed by atoms with Crippen molar-refractivity contribution < 1.29 is 4.79 Å². The van der Waals surface area contributed by atoms with Crippen molar-refractivity contribution in [2.75, 3.05) is 23.3 Å². The number of hydrogen-bond acceptors (Lipinski definition) is 5. The van der Waals surface area contributed by atoms with Crippen LogP contribution in [0.15, 0.2) is 79.3 Å². The summed E-state index contributed by atoms with van der Waals surface area (Å²) in [4.78, 5) is 28.6. The van der Waals surface area contributed by atoms with E-state index in [-0.39, 0.29) is 11.8 Å². The third-order valence-corrected chi connectivity index (χ3v) is 5.73. The highest BCUT2D eigenvalue weighted by Crippen LogP contribution is 2.27. The van der Waals surface area contributed by atoms with Crippen LogP contribution >= 0.6 is 0 Å². The zero-order valence-electron chi connectivity index (χ0n) is 17.1. The summed E-state index contributed by atoms with van der Waals surface area (Å²) in [6.07, 6.45) is 5.15. The van der Waals surface area contributed by atoms with E-state index in [0.29, 0.717) is 6.54 Å². The van der Waals surface area contributed by atoms with Gasteiger partial charge < -0.3 is 10.2 Å². The zero-order valence-corrected chi connectivity index (χ0v) is 17.1. The molecule has 0 spiro atoms. The van der Waals surface area contributed by atoms with E-state index < -0.39 is 0 Å². The van der Waals surface area contributed by atoms with Crippen LogP contribution in [0.25, 0.3) is 22.2 Å². The maximum atomic E-state index is 13.1. The molecule has 1 amide bonds. The van der Waals surface area contributed by atoms with Gasteiger partial charge in [-0.2, -0.15) is 0 Å². The Morgan fingerprint density at radius 1 is 0.968 bits per heavy atom. The Morgan fingerprint density at radius 3 is 2.74 bits per heavy atom. The molecule has 3 heterocycles. The number of piperidine rings is 1. The van der Waals surface area contributed by atoms with E-state index in [4.69, 9.17) is 0 Å². The van der Waals surface area contributed by atoms with Gasteiger partial charge >= 0.3 is 0 Å². The Balaban J connectivity index is 1.33. The Morgan fingerprint density at radius 2 is 1.84 bits per heavy atom. The molecule has 1 aliphatic heterocycles. The molecule has 5 rings (SSSR count). The zero-order chi connectivity index (χ0) is 21.0. The summed E-state index contributed by atoms with van der Waals surface area (Å²) in [6.45, 7) is 1.51. The summed E-state index contributed by atoms with van der Waals surface area (Å²) in [6, 6.07) is 21.8. The smallest absolute Gasteiger partial charge is 0.229 e. The average Bonchev–Trinajstić information content (AvgIpc) is 2.85. The van der Waals surface area contributed by atoms with Crippen molar-refractivity contribution >= 4 is 28.3 Å². The Labute approximate surface area is 181 Å². The van der Waals surface area contributed by atoms with Gasteiger partial charge in [-0.1, -0.05) is 48.5 Å². The minimum Gasteiger partial charge on any atom is -0.356 e. The van der Waals surface area contributed by atoms with Gasteiger partial charge in [0, 0.05) is 36.3 Å². The number of nitrogens with one attached hydrogen (secondary N) is 1. The first-order chi connectivity index (χ1) is 15.3. The van der Waals surface area contributed by atoms with Crippen molar-refractivity contribution in [2.24, 2.45) is 5.92 Å². The number of para-hydroxylation sites is 1. The number of carbonyl (C=O) groups is 1. The Bertz CT molecular complexity index is 1210. The third kappa shape index (κ3) is 4.10. The normalized spacial score (nSPS) is 16.3. The van der Waals surface area contributed by atoms with Gasteiger partial charge in [0.1, 0.15) is 12.1 Å². The number of carbonyl (C=O) groups excluding carboxylic acids is 1. The molecule has 1 fully saturated rings. The molecule has 6 heteroatoms. The highest BCUT2D eigenvalue weighted by Gasteiger charge is 2.27. The molecular weight excluding hydrogens is 386 g/mol. The van der Waals surface area contributed by atoms with Gasteiger partial charge in [0.2, 0.25) is 5.91 Å². The molecule has 1 atom stereocenters. The van der Waals surface area contributed by atoms with E-state index in [1.807, 2.05) is 66.7 Å². The lowest BCUT2D eigenvalue weighted by Gasteiger charge is -2.33. The van der Waals surface area contributed by atoms with Gasteiger partial charge in [-0.05, 0) is 25.0 Å². The quantitative estimate of drug-likeness (QED) is 0.536. The summed E-state index contributed by atoms with van der Waals surface area (Å²) >= 11 is 0. The van der Waals surface area contributed by atoms with E-state index in [1.165, 1.54) is 0 Å². The van der Waals surface area contributed by atoms with E-state index >= 15 is 0 Å². The first kappa shape index (κ1) is 19.2. The van der Waals surface area contributed by atoms with Crippen molar-refractivity contribution in [3.8, 4) is 11.3 Å². The second kappa shape index (κ2) is 8.52. The molecule has 1 aliphatic rings. The molecule has 0 saturated carbocycles. The summed E-state index contributed by atoms with van der Waals surface area (Å²) in [5, 5.41) is 4.12. The number of aromatic nitrogens is 3. The molecule has 0 aliphatic carbocycles. The van der Waals surface area contributed by atoms with Crippen LogP contribution in [0.1, 0.15) is 12.8 Å². The molecule has 154 valence electrons. The molecular formula is C25H23N5O. The molecule has 1 unspecified atom stereocenters. The van der Waals surface area contributed by atoms with Crippen LogP contribution in [0.4, 0.5) is 11.5 Å². The second-order valence-corrected chi connectivity index (χ2v) is 7.78. The number of benzene rings is 2. The van der Waals surface area contributed by atoms with Gasteiger partial charge in [0.15, 0.2) is 0 Å². The molecule has 31 heavy (non-hydrogen) atoms. The third-order valence-electron chi connectivity index (χ3n) is 5.73. The Kier molecular flexibility index (Phi) is 5.27. The first-order valence-electron chi connectivity index (χ1n) is 10.5. The maximum absolute atomic E-state index is 13.1. The molecule has 2 aromatic heterocycles. The number of pyridine rings is 1.